The van der Waals surface area contributed by atoms with Gasteiger partial charge in [-0.15, -0.1) is 0 Å². The largest absolute Gasteiger partial charge is 0.494 e. The molecule has 0 saturated carbocycles. The maximum Gasteiger partial charge on any atom is 0.243 e. The molecule has 0 amide bonds. The van der Waals surface area contributed by atoms with E-state index in [2.05, 4.69) is 0 Å². The van der Waals surface area contributed by atoms with E-state index in [0.29, 0.717) is 25.2 Å². The van der Waals surface area contributed by atoms with Crippen LogP contribution in [0.25, 0.3) is 0 Å². The third-order valence-corrected chi connectivity index (χ3v) is 9.07. The van der Waals surface area contributed by atoms with Crippen LogP contribution in [0.4, 0.5) is 0 Å². The summed E-state index contributed by atoms with van der Waals surface area (Å²) in [6.07, 6.45) is 0.703. The van der Waals surface area contributed by atoms with Gasteiger partial charge in [0, 0.05) is 13.1 Å². The van der Waals surface area contributed by atoms with Crippen molar-refractivity contribution in [1.29, 1.82) is 0 Å². The van der Waals surface area contributed by atoms with Crippen molar-refractivity contribution in [3.63, 3.8) is 0 Å². The van der Waals surface area contributed by atoms with Crippen molar-refractivity contribution in [1.82, 2.24) is 4.31 Å². The highest BCUT2D eigenvalue weighted by Crippen LogP contribution is 2.28. The Kier molecular flexibility index (Phi) is 6.74. The van der Waals surface area contributed by atoms with Crippen molar-refractivity contribution in [3.8, 4) is 5.75 Å². The molecule has 1 saturated heterocycles. The molecule has 2 rings (SSSR count). The van der Waals surface area contributed by atoms with E-state index in [-0.39, 0.29) is 29.7 Å². The summed E-state index contributed by atoms with van der Waals surface area (Å²) in [5.74, 6) is 0.904. The van der Waals surface area contributed by atoms with Gasteiger partial charge < -0.3 is 4.74 Å². The molecular formula is C18H29NO5S2. The SMILES string of the molecule is CCOc1ccc(S(=O)(=O)N2CCC(S(=O)(=O)CC(C)C)CC2)cc1C. The molecule has 1 aromatic rings. The lowest BCUT2D eigenvalue weighted by Gasteiger charge is -2.31. The Morgan fingerprint density at radius 3 is 2.27 bits per heavy atom. The van der Waals surface area contributed by atoms with Crippen LogP contribution < -0.4 is 4.74 Å². The summed E-state index contributed by atoms with van der Waals surface area (Å²) in [5.41, 5.74) is 0.766. The summed E-state index contributed by atoms with van der Waals surface area (Å²) < 4.78 is 57.4. The Bertz CT molecular complexity index is 823. The lowest BCUT2D eigenvalue weighted by molar-refractivity contribution is 0.337. The van der Waals surface area contributed by atoms with E-state index >= 15 is 0 Å². The molecule has 1 aliphatic heterocycles. The van der Waals surface area contributed by atoms with Crippen molar-refractivity contribution in [2.24, 2.45) is 5.92 Å². The molecule has 0 unspecified atom stereocenters. The van der Waals surface area contributed by atoms with E-state index in [1.165, 1.54) is 4.31 Å². The monoisotopic (exact) mass is 403 g/mol. The van der Waals surface area contributed by atoms with Crippen LogP contribution >= 0.6 is 0 Å². The number of nitrogens with zero attached hydrogens (tertiary/aromatic N) is 1. The minimum atomic E-state index is -3.63. The smallest absolute Gasteiger partial charge is 0.243 e. The van der Waals surface area contributed by atoms with Crippen LogP contribution in [0.1, 0.15) is 39.2 Å². The molecule has 148 valence electrons. The molecule has 0 aliphatic carbocycles. The van der Waals surface area contributed by atoms with E-state index in [1.54, 1.807) is 18.2 Å². The predicted molar refractivity (Wildman–Crippen MR) is 103 cm³/mol. The molecule has 0 radical (unpaired) electrons. The van der Waals surface area contributed by atoms with Gasteiger partial charge in [0.1, 0.15) is 5.75 Å². The van der Waals surface area contributed by atoms with E-state index in [1.807, 2.05) is 27.7 Å². The van der Waals surface area contributed by atoms with Gasteiger partial charge in [0.05, 0.1) is 22.5 Å². The minimum absolute atomic E-state index is 0.0774. The van der Waals surface area contributed by atoms with Crippen LogP contribution in [0, 0.1) is 12.8 Å². The average Bonchev–Trinajstić information content (AvgIpc) is 2.56. The summed E-state index contributed by atoms with van der Waals surface area (Å²) in [6, 6.07) is 4.84. The van der Waals surface area contributed by atoms with Gasteiger partial charge in [0.25, 0.3) is 0 Å². The molecule has 8 heteroatoms. The lowest BCUT2D eigenvalue weighted by atomic mass is 10.2. The van der Waals surface area contributed by atoms with Crippen molar-refractivity contribution in [2.75, 3.05) is 25.4 Å². The Hall–Kier alpha value is -1.12. The first kappa shape index (κ1) is 21.2. The quantitative estimate of drug-likeness (QED) is 0.699. The van der Waals surface area contributed by atoms with Gasteiger partial charge in [-0.3, -0.25) is 0 Å². The molecule has 0 N–H and O–H groups in total. The molecule has 0 bridgehead atoms. The fourth-order valence-corrected chi connectivity index (χ4v) is 6.97. The molecule has 0 aromatic heterocycles. The maximum absolute atomic E-state index is 12.9. The fraction of sp³-hybridized carbons (Fsp3) is 0.667. The molecule has 1 aliphatic rings. The molecule has 6 nitrogen and oxygen atoms in total. The number of aryl methyl sites for hydroxylation is 1. The molecule has 26 heavy (non-hydrogen) atoms. The Labute approximate surface area is 157 Å². The van der Waals surface area contributed by atoms with Gasteiger partial charge in [0.2, 0.25) is 10.0 Å². The van der Waals surface area contributed by atoms with E-state index in [0.717, 1.165) is 5.56 Å². The van der Waals surface area contributed by atoms with Crippen LogP contribution in [0.3, 0.4) is 0 Å². The van der Waals surface area contributed by atoms with Gasteiger partial charge in [-0.1, -0.05) is 13.8 Å². The number of benzene rings is 1. The molecule has 0 spiro atoms. The van der Waals surface area contributed by atoms with Crippen LogP contribution in [-0.2, 0) is 19.9 Å². The third-order valence-electron chi connectivity index (χ3n) is 4.56. The number of hydrogen-bond acceptors (Lipinski definition) is 5. The lowest BCUT2D eigenvalue weighted by Crippen LogP contribution is -2.43. The fourth-order valence-electron chi connectivity index (χ4n) is 3.28. The highest BCUT2D eigenvalue weighted by molar-refractivity contribution is 7.92. The molecule has 1 aromatic carbocycles. The normalized spacial score (nSPS) is 17.6. The molecule has 0 atom stereocenters. The first-order valence-corrected chi connectivity index (χ1v) is 12.2. The second kappa shape index (κ2) is 8.27. The minimum Gasteiger partial charge on any atom is -0.494 e. The van der Waals surface area contributed by atoms with Crippen LogP contribution in [0.2, 0.25) is 0 Å². The number of sulfonamides is 1. The van der Waals surface area contributed by atoms with Crippen molar-refractivity contribution < 1.29 is 21.6 Å². The zero-order chi connectivity index (χ0) is 19.5. The molecular weight excluding hydrogens is 374 g/mol. The summed E-state index contributed by atoms with van der Waals surface area (Å²) >= 11 is 0. The summed E-state index contributed by atoms with van der Waals surface area (Å²) in [6.45, 7) is 8.44. The first-order valence-electron chi connectivity index (χ1n) is 9.03. The third kappa shape index (κ3) is 4.78. The number of piperidine rings is 1. The van der Waals surface area contributed by atoms with Crippen LogP contribution in [0.5, 0.6) is 5.75 Å². The van der Waals surface area contributed by atoms with Crippen molar-refractivity contribution in [3.05, 3.63) is 23.8 Å². The second-order valence-corrected chi connectivity index (χ2v) is 11.5. The van der Waals surface area contributed by atoms with Gasteiger partial charge in [0.15, 0.2) is 9.84 Å². The van der Waals surface area contributed by atoms with Gasteiger partial charge in [-0.25, -0.2) is 16.8 Å². The van der Waals surface area contributed by atoms with E-state index in [9.17, 15) is 16.8 Å². The van der Waals surface area contributed by atoms with E-state index in [4.69, 9.17) is 4.74 Å². The molecule has 1 heterocycles. The summed E-state index contributed by atoms with van der Waals surface area (Å²) in [4.78, 5) is 0.224. The van der Waals surface area contributed by atoms with E-state index < -0.39 is 25.1 Å². The Balaban J connectivity index is 2.12. The number of sulfone groups is 1. The van der Waals surface area contributed by atoms with Crippen LogP contribution in [-0.4, -0.2) is 51.8 Å². The van der Waals surface area contributed by atoms with Gasteiger partial charge in [-0.05, 0) is 56.4 Å². The highest BCUT2D eigenvalue weighted by Gasteiger charge is 2.35. The predicted octanol–water partition coefficient (Wildman–Crippen LogP) is 2.62. The zero-order valence-electron chi connectivity index (χ0n) is 15.9. The molecule has 1 fully saturated rings. The second-order valence-electron chi connectivity index (χ2n) is 7.19. The first-order chi connectivity index (χ1) is 12.1. The summed E-state index contributed by atoms with van der Waals surface area (Å²) in [7, 11) is -6.80. The Morgan fingerprint density at radius 2 is 1.77 bits per heavy atom. The van der Waals surface area contributed by atoms with Crippen LogP contribution in [0.15, 0.2) is 23.1 Å². The average molecular weight is 404 g/mol. The van der Waals surface area contributed by atoms with Crippen molar-refractivity contribution >= 4 is 19.9 Å². The van der Waals surface area contributed by atoms with Crippen molar-refractivity contribution in [2.45, 2.75) is 50.7 Å². The standard InChI is InChI=1S/C18H29NO5S2/c1-5-24-18-7-6-17(12-15(18)4)26(22,23)19-10-8-16(9-11-19)25(20,21)13-14(2)3/h6-7,12,14,16H,5,8-11,13H2,1-4H3. The maximum atomic E-state index is 12.9. The van der Waals surface area contributed by atoms with Gasteiger partial charge in [-0.2, -0.15) is 4.31 Å². The zero-order valence-corrected chi connectivity index (χ0v) is 17.6. The van der Waals surface area contributed by atoms with Gasteiger partial charge >= 0.3 is 0 Å². The number of ether oxygens (including phenoxy) is 1. The Morgan fingerprint density at radius 1 is 1.15 bits per heavy atom. The number of rotatable bonds is 7. The number of hydrogen-bond donors (Lipinski definition) is 0. The summed E-state index contributed by atoms with van der Waals surface area (Å²) in [5, 5.41) is -0.446. The highest BCUT2D eigenvalue weighted by atomic mass is 32.2. The topological polar surface area (TPSA) is 80.8 Å².